The Labute approximate surface area is 151 Å². The molecule has 26 heavy (non-hydrogen) atoms. The molecule has 0 aromatic heterocycles. The third-order valence-corrected chi connectivity index (χ3v) is 5.08. The van der Waals surface area contributed by atoms with Gasteiger partial charge in [-0.25, -0.2) is 8.78 Å². The van der Waals surface area contributed by atoms with Gasteiger partial charge in [-0.15, -0.1) is 0 Å². The Hall–Kier alpha value is -2.59. The number of nitrogens with zero attached hydrogens (tertiary/aromatic N) is 1. The lowest BCUT2D eigenvalue weighted by molar-refractivity contribution is 0.111. The predicted molar refractivity (Wildman–Crippen MR) is 98.3 cm³/mol. The van der Waals surface area contributed by atoms with Gasteiger partial charge in [0.05, 0.1) is 11.6 Å². The summed E-state index contributed by atoms with van der Waals surface area (Å²) in [5.41, 5.74) is 0.219. The van der Waals surface area contributed by atoms with Crippen molar-refractivity contribution in [1.29, 1.82) is 0 Å². The van der Waals surface area contributed by atoms with Crippen LogP contribution in [0.1, 0.15) is 29.9 Å². The van der Waals surface area contributed by atoms with Gasteiger partial charge in [-0.2, -0.15) is 0 Å². The second kappa shape index (κ2) is 6.61. The fourth-order valence-electron chi connectivity index (χ4n) is 3.64. The highest BCUT2D eigenvalue weighted by atomic mass is 19.1. The number of hydrogen-bond donors (Lipinski definition) is 1. The van der Waals surface area contributed by atoms with E-state index < -0.39 is 23.3 Å². The van der Waals surface area contributed by atoms with Crippen molar-refractivity contribution in [1.82, 2.24) is 0 Å². The molecule has 0 saturated carbocycles. The molecule has 4 rings (SSSR count). The summed E-state index contributed by atoms with van der Waals surface area (Å²) in [5.74, 6) is -1.13. The number of rotatable bonds is 3. The summed E-state index contributed by atoms with van der Waals surface area (Å²) < 4.78 is 28.0. The summed E-state index contributed by atoms with van der Waals surface area (Å²) >= 11 is 0. The van der Waals surface area contributed by atoms with E-state index in [0.717, 1.165) is 5.56 Å². The molecule has 132 valence electrons. The summed E-state index contributed by atoms with van der Waals surface area (Å²) in [6, 6.07) is 13.4. The largest absolute Gasteiger partial charge is 0.379 e. The Balaban J connectivity index is 1.57. The molecule has 0 unspecified atom stereocenters. The average molecular weight is 351 g/mol. The lowest BCUT2D eigenvalue weighted by atomic mass is 9.83. The molecule has 0 spiro atoms. The van der Waals surface area contributed by atoms with Crippen LogP contribution in [0.25, 0.3) is 0 Å². The second-order valence-corrected chi connectivity index (χ2v) is 6.77. The highest BCUT2D eigenvalue weighted by Gasteiger charge is 2.37. The molecule has 0 saturated heterocycles. The van der Waals surface area contributed by atoms with E-state index in [9.17, 15) is 13.9 Å². The van der Waals surface area contributed by atoms with Crippen LogP contribution in [-0.2, 0) is 0 Å². The Morgan fingerprint density at radius 3 is 2.23 bits per heavy atom. The van der Waals surface area contributed by atoms with Crippen molar-refractivity contribution in [2.75, 3.05) is 0 Å². The van der Waals surface area contributed by atoms with Gasteiger partial charge in [0.1, 0.15) is 17.2 Å². The predicted octanol–water partition coefficient (Wildman–Crippen LogP) is 4.56. The number of halogens is 2. The number of allylic oxidation sites excluding steroid dienone is 2. The first-order chi connectivity index (χ1) is 12.6. The van der Waals surface area contributed by atoms with Crippen LogP contribution >= 0.6 is 0 Å². The van der Waals surface area contributed by atoms with Crippen LogP contribution in [0.3, 0.4) is 0 Å². The Kier molecular flexibility index (Phi) is 4.29. The van der Waals surface area contributed by atoms with Crippen molar-refractivity contribution in [3.8, 4) is 0 Å². The van der Waals surface area contributed by atoms with Crippen molar-refractivity contribution in [2.24, 2.45) is 4.99 Å². The van der Waals surface area contributed by atoms with Crippen LogP contribution in [0.5, 0.6) is 0 Å². The molecule has 2 aromatic rings. The Bertz CT molecular complexity index is 867. The van der Waals surface area contributed by atoms with Crippen LogP contribution in [0, 0.1) is 11.6 Å². The Morgan fingerprint density at radius 1 is 0.923 bits per heavy atom. The van der Waals surface area contributed by atoms with E-state index >= 15 is 0 Å². The zero-order valence-electron chi connectivity index (χ0n) is 14.1. The molecule has 1 atom stereocenters. The van der Waals surface area contributed by atoms with E-state index in [0.29, 0.717) is 18.6 Å². The molecule has 4 heteroatoms. The fraction of sp³-hybridized carbons (Fsp3) is 0.227. The third-order valence-electron chi connectivity index (χ3n) is 5.08. The monoisotopic (exact) mass is 351 g/mol. The molecule has 2 nitrogen and oxygen atoms in total. The topological polar surface area (TPSA) is 32.6 Å². The number of benzene rings is 2. The van der Waals surface area contributed by atoms with Crippen LogP contribution in [0.2, 0.25) is 0 Å². The van der Waals surface area contributed by atoms with E-state index in [-0.39, 0.29) is 11.5 Å². The van der Waals surface area contributed by atoms with E-state index in [2.05, 4.69) is 4.99 Å². The highest BCUT2D eigenvalue weighted by molar-refractivity contribution is 6.02. The molecule has 1 N–H and O–H groups in total. The van der Waals surface area contributed by atoms with Gasteiger partial charge in [-0.1, -0.05) is 60.7 Å². The second-order valence-electron chi connectivity index (χ2n) is 6.77. The van der Waals surface area contributed by atoms with Gasteiger partial charge in [0, 0.05) is 11.6 Å². The van der Waals surface area contributed by atoms with Crippen molar-refractivity contribution in [2.45, 2.75) is 30.4 Å². The van der Waals surface area contributed by atoms with E-state index in [1.165, 1.54) is 18.2 Å². The first-order valence-electron chi connectivity index (χ1n) is 8.74. The molecule has 1 aliphatic heterocycles. The van der Waals surface area contributed by atoms with E-state index in [1.807, 2.05) is 42.5 Å². The smallest absolute Gasteiger partial charge is 0.135 e. The molecule has 0 radical (unpaired) electrons. The molecule has 0 bridgehead atoms. The average Bonchev–Trinajstić information content (AvgIpc) is 3.14. The van der Waals surface area contributed by atoms with Gasteiger partial charge < -0.3 is 5.11 Å². The highest BCUT2D eigenvalue weighted by Crippen LogP contribution is 2.34. The van der Waals surface area contributed by atoms with Gasteiger partial charge in [0.15, 0.2) is 0 Å². The van der Waals surface area contributed by atoms with E-state index in [4.69, 9.17) is 0 Å². The standard InChI is InChI=1S/C22H19F2NO/c23-17-7-4-8-18(24)21(17)19-9-10-20(25-19)22(26)13-11-16(12-14-22)15-5-2-1-3-6-15/h1-8,11-14,16,20,26H,9-10H2/t16?,20-,22?/m1/s1. The van der Waals surface area contributed by atoms with Crippen LogP contribution in [0.15, 0.2) is 77.8 Å². The number of aliphatic hydroxyl groups is 1. The molecule has 2 aromatic carbocycles. The fourth-order valence-corrected chi connectivity index (χ4v) is 3.64. The summed E-state index contributed by atoms with van der Waals surface area (Å²) in [6.45, 7) is 0. The van der Waals surface area contributed by atoms with Crippen molar-refractivity contribution >= 4 is 5.71 Å². The summed E-state index contributed by atoms with van der Waals surface area (Å²) in [7, 11) is 0. The van der Waals surface area contributed by atoms with Gasteiger partial charge >= 0.3 is 0 Å². The SMILES string of the molecule is OC1([C@H]2CCC(c3c(F)cccc3F)=N2)C=CC(c2ccccc2)C=C1. The minimum absolute atomic E-state index is 0.0791. The Morgan fingerprint density at radius 2 is 1.58 bits per heavy atom. The van der Waals surface area contributed by atoms with Crippen LogP contribution in [0.4, 0.5) is 8.78 Å². The first-order valence-corrected chi connectivity index (χ1v) is 8.74. The molecular formula is C22H19F2NO. The zero-order valence-corrected chi connectivity index (χ0v) is 14.1. The normalized spacial score (nSPS) is 27.6. The molecule has 1 heterocycles. The van der Waals surface area contributed by atoms with Gasteiger partial charge in [-0.3, -0.25) is 4.99 Å². The lowest BCUT2D eigenvalue weighted by Crippen LogP contribution is -2.37. The quantitative estimate of drug-likeness (QED) is 0.808. The summed E-state index contributed by atoms with van der Waals surface area (Å²) in [4.78, 5) is 4.46. The molecular weight excluding hydrogens is 332 g/mol. The summed E-state index contributed by atoms with van der Waals surface area (Å²) in [5, 5.41) is 11.0. The maximum atomic E-state index is 14.0. The van der Waals surface area contributed by atoms with Gasteiger partial charge in [0.2, 0.25) is 0 Å². The van der Waals surface area contributed by atoms with Gasteiger partial charge in [0.25, 0.3) is 0 Å². The molecule has 0 fully saturated rings. The maximum absolute atomic E-state index is 14.0. The van der Waals surface area contributed by atoms with Gasteiger partial charge in [-0.05, 0) is 30.5 Å². The van der Waals surface area contributed by atoms with Crippen LogP contribution < -0.4 is 0 Å². The van der Waals surface area contributed by atoms with Crippen molar-refractivity contribution in [3.63, 3.8) is 0 Å². The zero-order chi connectivity index (χ0) is 18.1. The molecule has 2 aliphatic rings. The maximum Gasteiger partial charge on any atom is 0.135 e. The van der Waals surface area contributed by atoms with E-state index in [1.54, 1.807) is 12.2 Å². The number of hydrogen-bond acceptors (Lipinski definition) is 2. The van der Waals surface area contributed by atoms with Crippen molar-refractivity contribution in [3.05, 3.63) is 95.6 Å². The first kappa shape index (κ1) is 16.9. The lowest BCUT2D eigenvalue weighted by Gasteiger charge is -2.29. The number of aliphatic imine (C=N–C) groups is 1. The third kappa shape index (κ3) is 3.01. The van der Waals surface area contributed by atoms with Crippen LogP contribution in [-0.4, -0.2) is 22.5 Å². The molecule has 1 aliphatic carbocycles. The van der Waals surface area contributed by atoms with Crippen molar-refractivity contribution < 1.29 is 13.9 Å². The molecule has 0 amide bonds. The minimum atomic E-state index is -1.23. The summed E-state index contributed by atoms with van der Waals surface area (Å²) in [6.07, 6.45) is 8.39. The minimum Gasteiger partial charge on any atom is -0.379 e.